The van der Waals surface area contributed by atoms with Crippen LogP contribution in [0.1, 0.15) is 6.23 Å². The minimum absolute atomic E-state index is 0.152. The third-order valence-corrected chi connectivity index (χ3v) is 4.68. The van der Waals surface area contributed by atoms with Crippen molar-refractivity contribution in [2.75, 3.05) is 12.3 Å². The van der Waals surface area contributed by atoms with E-state index in [1.165, 1.54) is 10.9 Å². The van der Waals surface area contributed by atoms with E-state index in [2.05, 4.69) is 19.1 Å². The Kier molecular flexibility index (Phi) is 4.62. The van der Waals surface area contributed by atoms with Gasteiger partial charge in [0.1, 0.15) is 24.6 Å². The van der Waals surface area contributed by atoms with Crippen LogP contribution in [0.25, 0.3) is 11.2 Å². The van der Waals surface area contributed by atoms with Crippen molar-refractivity contribution >= 4 is 49.9 Å². The van der Waals surface area contributed by atoms with Crippen LogP contribution in [-0.4, -0.2) is 63.1 Å². The molecule has 0 aliphatic carbocycles. The van der Waals surface area contributed by atoms with Crippen LogP contribution < -0.4 is 10.9 Å². The Morgan fingerprint density at radius 3 is 2.75 bits per heavy atom. The summed E-state index contributed by atoms with van der Waals surface area (Å²) in [5.41, 5.74) is 6.36. The zero-order valence-corrected chi connectivity index (χ0v) is 14.8. The molecule has 1 aliphatic heterocycles. The van der Waals surface area contributed by atoms with Crippen LogP contribution in [0.2, 0.25) is 0 Å². The van der Waals surface area contributed by atoms with Gasteiger partial charge in [0.15, 0.2) is 27.0 Å². The molecule has 0 radical (unpaired) electrons. The van der Waals surface area contributed by atoms with Gasteiger partial charge in [-0.2, -0.15) is 8.42 Å². The molecule has 1 fully saturated rings. The van der Waals surface area contributed by atoms with Crippen molar-refractivity contribution in [1.29, 1.82) is 0 Å². The van der Waals surface area contributed by atoms with Crippen LogP contribution >= 0.6 is 22.6 Å². The number of nitrogens with zero attached hydrogens (tertiary/aromatic N) is 4. The van der Waals surface area contributed by atoms with Crippen molar-refractivity contribution < 1.29 is 27.6 Å². The van der Waals surface area contributed by atoms with Crippen LogP contribution in [0.5, 0.6) is 0 Å². The molecule has 4 atom stereocenters. The maximum absolute atomic E-state index is 10.9. The van der Waals surface area contributed by atoms with Gasteiger partial charge < -0.3 is 20.7 Å². The number of anilines is 1. The van der Waals surface area contributed by atoms with E-state index in [1.807, 2.05) is 22.6 Å². The van der Waals surface area contributed by atoms with E-state index in [-0.39, 0.29) is 5.82 Å². The molecule has 1 saturated heterocycles. The van der Waals surface area contributed by atoms with Crippen molar-refractivity contribution in [3.05, 3.63) is 10.2 Å². The van der Waals surface area contributed by atoms with Gasteiger partial charge in [-0.25, -0.2) is 20.1 Å². The third kappa shape index (κ3) is 3.17. The van der Waals surface area contributed by atoms with Crippen molar-refractivity contribution in [2.45, 2.75) is 24.5 Å². The smallest absolute Gasteiger partial charge is 0.333 e. The van der Waals surface area contributed by atoms with Gasteiger partial charge in [0.25, 0.3) is 0 Å². The van der Waals surface area contributed by atoms with Gasteiger partial charge >= 0.3 is 10.3 Å². The number of nitrogens with two attached hydrogens (primary N) is 2. The lowest BCUT2D eigenvalue weighted by atomic mass is 10.1. The predicted octanol–water partition coefficient (Wildman–Crippen LogP) is -2.15. The van der Waals surface area contributed by atoms with E-state index in [9.17, 15) is 18.6 Å². The molecule has 132 valence electrons. The maximum atomic E-state index is 10.9. The minimum Gasteiger partial charge on any atom is -0.387 e. The number of aliphatic hydroxyl groups is 2. The van der Waals surface area contributed by atoms with Gasteiger partial charge in [-0.15, -0.1) is 0 Å². The maximum Gasteiger partial charge on any atom is 0.333 e. The summed E-state index contributed by atoms with van der Waals surface area (Å²) in [5, 5.41) is 25.0. The summed E-state index contributed by atoms with van der Waals surface area (Å²) in [5.74, 6) is 0.152. The van der Waals surface area contributed by atoms with Crippen LogP contribution in [-0.2, 0) is 19.2 Å². The monoisotopic (exact) mass is 472 g/mol. The second-order valence-electron chi connectivity index (χ2n) is 5.01. The molecule has 24 heavy (non-hydrogen) atoms. The molecule has 3 rings (SSSR count). The van der Waals surface area contributed by atoms with E-state index < -0.39 is 41.5 Å². The highest BCUT2D eigenvalue weighted by molar-refractivity contribution is 14.1. The van der Waals surface area contributed by atoms with Crippen LogP contribution in [0.3, 0.4) is 0 Å². The van der Waals surface area contributed by atoms with E-state index in [4.69, 9.17) is 15.6 Å². The molecule has 14 heteroatoms. The summed E-state index contributed by atoms with van der Waals surface area (Å²) in [7, 11) is -4.20. The Hall–Kier alpha value is -1.17. The molecule has 12 nitrogen and oxygen atoms in total. The first-order valence-corrected chi connectivity index (χ1v) is 9.06. The average Bonchev–Trinajstić information content (AvgIpc) is 2.96. The number of aromatic nitrogens is 4. The van der Waals surface area contributed by atoms with Gasteiger partial charge in [-0.1, -0.05) is 0 Å². The van der Waals surface area contributed by atoms with E-state index in [0.717, 1.165) is 0 Å². The number of aliphatic hydroxyl groups excluding tert-OH is 2. The zero-order valence-electron chi connectivity index (χ0n) is 11.9. The molecule has 0 aromatic carbocycles. The third-order valence-electron chi connectivity index (χ3n) is 3.45. The molecule has 2 aromatic rings. The van der Waals surface area contributed by atoms with Crippen molar-refractivity contribution in [3.63, 3.8) is 0 Å². The number of ether oxygens (including phenoxy) is 1. The fourth-order valence-electron chi connectivity index (χ4n) is 2.37. The quantitative estimate of drug-likeness (QED) is 0.282. The zero-order chi connectivity index (χ0) is 17.6. The van der Waals surface area contributed by atoms with E-state index >= 15 is 0 Å². The molecular formula is C10H13IN6O6S. The highest BCUT2D eigenvalue weighted by Gasteiger charge is 2.45. The number of fused-ring (bicyclic) bond motifs is 1. The lowest BCUT2D eigenvalue weighted by molar-refractivity contribution is -0.0479. The first-order chi connectivity index (χ1) is 11.2. The lowest BCUT2D eigenvalue weighted by Gasteiger charge is -2.17. The molecular weight excluding hydrogens is 459 g/mol. The molecule has 3 heterocycles. The number of nitrogen functional groups attached to an aromatic ring is 1. The number of imidazole rings is 1. The van der Waals surface area contributed by atoms with Crippen molar-refractivity contribution in [2.24, 2.45) is 5.14 Å². The Balaban J connectivity index is 1.93. The first-order valence-electron chi connectivity index (χ1n) is 6.51. The molecule has 0 amide bonds. The number of halogens is 1. The minimum atomic E-state index is -4.20. The Bertz CT molecular complexity index is 874. The molecule has 0 saturated carbocycles. The largest absolute Gasteiger partial charge is 0.387 e. The van der Waals surface area contributed by atoms with Crippen molar-refractivity contribution in [1.82, 2.24) is 19.5 Å². The topological polar surface area (TPSA) is 189 Å². The summed E-state index contributed by atoms with van der Waals surface area (Å²) in [4.78, 5) is 12.1. The van der Waals surface area contributed by atoms with Gasteiger partial charge in [0.05, 0.1) is 6.61 Å². The average molecular weight is 472 g/mol. The van der Waals surface area contributed by atoms with E-state index in [0.29, 0.717) is 15.0 Å². The standard InChI is InChI=1S/C10H13IN6O6S/c11-10-16-4-7(12)14-2-15-8(4)17(10)9-6(19)5(18)3(23-9)1-22-24(13,20)21/h2-3,5-6,9,18-19H,1H2,(H2,12,14,15)(H2,13,20,21)/t3-,5-,6-,9-/m1/s1. The summed E-state index contributed by atoms with van der Waals surface area (Å²) < 4.78 is 33.5. The SMILES string of the molecule is Nc1ncnc2c1nc(I)n2[C@@H]1O[C@H](COS(N)(=O)=O)[C@@H](O)[C@H]1O. The molecule has 0 spiro atoms. The van der Waals surface area contributed by atoms with Gasteiger partial charge in [-0.05, 0) is 0 Å². The highest BCUT2D eigenvalue weighted by Crippen LogP contribution is 2.34. The lowest BCUT2D eigenvalue weighted by Crippen LogP contribution is -2.35. The normalized spacial score (nSPS) is 27.8. The highest BCUT2D eigenvalue weighted by atomic mass is 127. The molecule has 0 bridgehead atoms. The fourth-order valence-corrected chi connectivity index (χ4v) is 3.44. The second-order valence-corrected chi connectivity index (χ2v) is 7.19. The molecule has 2 aromatic heterocycles. The summed E-state index contributed by atoms with van der Waals surface area (Å²) >= 11 is 1.89. The van der Waals surface area contributed by atoms with Gasteiger partial charge in [-0.3, -0.25) is 8.75 Å². The van der Waals surface area contributed by atoms with Gasteiger partial charge in [0, 0.05) is 22.6 Å². The second kappa shape index (κ2) is 6.28. The Labute approximate surface area is 149 Å². The number of hydrogen-bond donors (Lipinski definition) is 4. The van der Waals surface area contributed by atoms with Crippen LogP contribution in [0.15, 0.2) is 6.33 Å². The van der Waals surface area contributed by atoms with Crippen LogP contribution in [0, 0.1) is 3.83 Å². The molecule has 6 N–H and O–H groups in total. The first kappa shape index (κ1) is 17.6. The number of hydrogen-bond acceptors (Lipinski definition) is 10. The van der Waals surface area contributed by atoms with Gasteiger partial charge in [0.2, 0.25) is 0 Å². The summed E-state index contributed by atoms with van der Waals surface area (Å²) in [6, 6.07) is 0. The van der Waals surface area contributed by atoms with E-state index in [1.54, 1.807) is 0 Å². The fraction of sp³-hybridized carbons (Fsp3) is 0.500. The molecule has 1 aliphatic rings. The Morgan fingerprint density at radius 1 is 1.38 bits per heavy atom. The predicted molar refractivity (Wildman–Crippen MR) is 87.4 cm³/mol. The Morgan fingerprint density at radius 2 is 2.08 bits per heavy atom. The van der Waals surface area contributed by atoms with Crippen molar-refractivity contribution in [3.8, 4) is 0 Å². The number of rotatable bonds is 4. The molecule has 0 unspecified atom stereocenters. The van der Waals surface area contributed by atoms with Crippen LogP contribution in [0.4, 0.5) is 5.82 Å². The summed E-state index contributed by atoms with van der Waals surface area (Å²) in [6.07, 6.45) is -3.73. The summed E-state index contributed by atoms with van der Waals surface area (Å²) in [6.45, 7) is -0.548.